The van der Waals surface area contributed by atoms with Gasteiger partial charge in [-0.2, -0.15) is 0 Å². The SMILES string of the molecule is CC(=O)N[C@H]1[C@@H](O)OCC[C@H]1OC(C)=O. The molecule has 2 N–H and O–H groups in total. The van der Waals surface area contributed by atoms with Crippen molar-refractivity contribution in [2.45, 2.75) is 38.7 Å². The molecule has 0 bridgehead atoms. The van der Waals surface area contributed by atoms with Crippen molar-refractivity contribution < 1.29 is 24.2 Å². The van der Waals surface area contributed by atoms with Crippen LogP contribution in [0.5, 0.6) is 0 Å². The maximum atomic E-state index is 10.9. The van der Waals surface area contributed by atoms with Crippen LogP contribution in [0.3, 0.4) is 0 Å². The highest BCUT2D eigenvalue weighted by atomic mass is 16.6. The fourth-order valence-electron chi connectivity index (χ4n) is 1.52. The van der Waals surface area contributed by atoms with Gasteiger partial charge >= 0.3 is 5.97 Å². The first-order valence-corrected chi connectivity index (χ1v) is 4.74. The molecule has 0 aromatic carbocycles. The Kier molecular flexibility index (Phi) is 4.05. The molecule has 0 unspecified atom stereocenters. The second-order valence-electron chi connectivity index (χ2n) is 3.42. The number of rotatable bonds is 2. The molecule has 0 spiro atoms. The maximum Gasteiger partial charge on any atom is 0.302 e. The van der Waals surface area contributed by atoms with Crippen molar-refractivity contribution in [3.63, 3.8) is 0 Å². The van der Waals surface area contributed by atoms with E-state index in [-0.39, 0.29) is 5.91 Å². The number of ether oxygens (including phenoxy) is 2. The number of aliphatic hydroxyl groups is 1. The molecule has 1 rings (SSSR count). The molecule has 0 aromatic rings. The fraction of sp³-hybridized carbons (Fsp3) is 0.778. The molecule has 1 aliphatic heterocycles. The highest BCUT2D eigenvalue weighted by Crippen LogP contribution is 2.16. The molecule has 1 fully saturated rings. The molecule has 0 radical (unpaired) electrons. The van der Waals surface area contributed by atoms with Gasteiger partial charge in [0.25, 0.3) is 0 Å². The van der Waals surface area contributed by atoms with Gasteiger partial charge < -0.3 is 19.9 Å². The summed E-state index contributed by atoms with van der Waals surface area (Å²) < 4.78 is 9.93. The molecule has 1 amide bonds. The molecule has 1 aliphatic rings. The Hall–Kier alpha value is -1.14. The zero-order chi connectivity index (χ0) is 11.4. The minimum atomic E-state index is -1.13. The quantitative estimate of drug-likeness (QED) is 0.589. The van der Waals surface area contributed by atoms with Crippen LogP contribution < -0.4 is 5.32 Å². The average Bonchev–Trinajstić information content (AvgIpc) is 2.09. The Morgan fingerprint density at radius 3 is 2.67 bits per heavy atom. The van der Waals surface area contributed by atoms with E-state index in [0.29, 0.717) is 13.0 Å². The van der Waals surface area contributed by atoms with Crippen LogP contribution in [-0.4, -0.2) is 42.0 Å². The van der Waals surface area contributed by atoms with Gasteiger partial charge in [-0.25, -0.2) is 0 Å². The normalized spacial score (nSPS) is 30.7. The Balaban J connectivity index is 2.63. The molecule has 6 heteroatoms. The third kappa shape index (κ3) is 3.49. The lowest BCUT2D eigenvalue weighted by Gasteiger charge is -2.34. The number of hydrogen-bond acceptors (Lipinski definition) is 5. The second-order valence-corrected chi connectivity index (χ2v) is 3.42. The molecule has 0 aliphatic carbocycles. The summed E-state index contributed by atoms with van der Waals surface area (Å²) >= 11 is 0. The standard InChI is InChI=1S/C9H15NO5/c1-5(11)10-8-7(15-6(2)12)3-4-14-9(8)13/h7-9,13H,3-4H2,1-2H3,(H,10,11)/t7-,8-,9+/m1/s1. The zero-order valence-corrected chi connectivity index (χ0v) is 8.73. The van der Waals surface area contributed by atoms with Gasteiger partial charge in [0.05, 0.1) is 6.61 Å². The molecule has 3 atom stereocenters. The highest BCUT2D eigenvalue weighted by molar-refractivity contribution is 5.73. The highest BCUT2D eigenvalue weighted by Gasteiger charge is 2.35. The first-order valence-electron chi connectivity index (χ1n) is 4.74. The van der Waals surface area contributed by atoms with Crippen molar-refractivity contribution in [3.8, 4) is 0 Å². The van der Waals surface area contributed by atoms with E-state index in [4.69, 9.17) is 9.47 Å². The minimum absolute atomic E-state index is 0.301. The van der Waals surface area contributed by atoms with Crippen LogP contribution in [0.2, 0.25) is 0 Å². The number of hydrogen-bond donors (Lipinski definition) is 2. The summed E-state index contributed by atoms with van der Waals surface area (Å²) in [6.07, 6.45) is -1.20. The van der Waals surface area contributed by atoms with E-state index >= 15 is 0 Å². The number of aliphatic hydroxyl groups excluding tert-OH is 1. The van der Waals surface area contributed by atoms with E-state index in [0.717, 1.165) is 0 Å². The molecule has 0 saturated carbocycles. The number of carbonyl (C=O) groups excluding carboxylic acids is 2. The minimum Gasteiger partial charge on any atom is -0.460 e. The topological polar surface area (TPSA) is 84.9 Å². The lowest BCUT2D eigenvalue weighted by atomic mass is 10.1. The number of amides is 1. The summed E-state index contributed by atoms with van der Waals surface area (Å²) in [6, 6.07) is -0.694. The van der Waals surface area contributed by atoms with Crippen LogP contribution in [0.1, 0.15) is 20.3 Å². The van der Waals surface area contributed by atoms with Crippen molar-refractivity contribution in [2.24, 2.45) is 0 Å². The summed E-state index contributed by atoms with van der Waals surface area (Å²) in [5.74, 6) is -0.744. The number of carbonyl (C=O) groups is 2. The van der Waals surface area contributed by atoms with E-state index in [1.165, 1.54) is 13.8 Å². The Morgan fingerprint density at radius 1 is 1.47 bits per heavy atom. The first kappa shape index (κ1) is 11.9. The van der Waals surface area contributed by atoms with Crippen molar-refractivity contribution >= 4 is 11.9 Å². The van der Waals surface area contributed by atoms with E-state index in [9.17, 15) is 14.7 Å². The predicted molar refractivity (Wildman–Crippen MR) is 49.7 cm³/mol. The summed E-state index contributed by atoms with van der Waals surface area (Å²) in [4.78, 5) is 21.7. The monoisotopic (exact) mass is 217 g/mol. The number of nitrogens with one attached hydrogen (secondary N) is 1. The molecule has 15 heavy (non-hydrogen) atoms. The molecular weight excluding hydrogens is 202 g/mol. The molecule has 6 nitrogen and oxygen atoms in total. The molecular formula is C9H15NO5. The van der Waals surface area contributed by atoms with E-state index in [2.05, 4.69) is 5.32 Å². The van der Waals surface area contributed by atoms with Gasteiger partial charge in [-0.05, 0) is 0 Å². The zero-order valence-electron chi connectivity index (χ0n) is 8.73. The lowest BCUT2D eigenvalue weighted by molar-refractivity contribution is -0.191. The van der Waals surface area contributed by atoms with E-state index in [1.54, 1.807) is 0 Å². The smallest absolute Gasteiger partial charge is 0.302 e. The summed E-state index contributed by atoms with van der Waals surface area (Å²) in [5.41, 5.74) is 0. The van der Waals surface area contributed by atoms with Crippen LogP contribution >= 0.6 is 0 Å². The summed E-state index contributed by atoms with van der Waals surface area (Å²) in [5, 5.41) is 12.0. The second kappa shape index (κ2) is 5.09. The van der Waals surface area contributed by atoms with Crippen LogP contribution in [0.15, 0.2) is 0 Å². The van der Waals surface area contributed by atoms with Gasteiger partial charge in [0.15, 0.2) is 6.29 Å². The van der Waals surface area contributed by atoms with Gasteiger partial charge in [-0.3, -0.25) is 9.59 Å². The van der Waals surface area contributed by atoms with Gasteiger partial charge in [0.2, 0.25) is 5.91 Å². The van der Waals surface area contributed by atoms with Gasteiger partial charge in [-0.1, -0.05) is 0 Å². The van der Waals surface area contributed by atoms with Crippen molar-refractivity contribution in [2.75, 3.05) is 6.61 Å². The van der Waals surface area contributed by atoms with Crippen LogP contribution in [0, 0.1) is 0 Å². The van der Waals surface area contributed by atoms with Gasteiger partial charge in [-0.15, -0.1) is 0 Å². The van der Waals surface area contributed by atoms with Gasteiger partial charge in [0.1, 0.15) is 12.1 Å². The van der Waals surface area contributed by atoms with Crippen molar-refractivity contribution in [3.05, 3.63) is 0 Å². The maximum absolute atomic E-state index is 10.9. The van der Waals surface area contributed by atoms with Crippen LogP contribution in [0.25, 0.3) is 0 Å². The molecule has 1 heterocycles. The van der Waals surface area contributed by atoms with E-state index < -0.39 is 24.4 Å². The third-order valence-electron chi connectivity index (χ3n) is 2.09. The lowest BCUT2D eigenvalue weighted by Crippen LogP contribution is -2.55. The van der Waals surface area contributed by atoms with Crippen LogP contribution in [0.4, 0.5) is 0 Å². The van der Waals surface area contributed by atoms with Crippen molar-refractivity contribution in [1.82, 2.24) is 5.32 Å². The van der Waals surface area contributed by atoms with E-state index in [1.807, 2.05) is 0 Å². The van der Waals surface area contributed by atoms with Gasteiger partial charge in [0, 0.05) is 20.3 Å². The summed E-state index contributed by atoms with van der Waals surface area (Å²) in [7, 11) is 0. The largest absolute Gasteiger partial charge is 0.460 e. The fourth-order valence-corrected chi connectivity index (χ4v) is 1.52. The Morgan fingerprint density at radius 2 is 2.13 bits per heavy atom. The first-order chi connectivity index (χ1) is 7.00. The predicted octanol–water partition coefficient (Wildman–Crippen LogP) is -0.838. The van der Waals surface area contributed by atoms with Crippen LogP contribution in [-0.2, 0) is 19.1 Å². The molecule has 1 saturated heterocycles. The van der Waals surface area contributed by atoms with Crippen molar-refractivity contribution in [1.29, 1.82) is 0 Å². The summed E-state index contributed by atoms with van der Waals surface area (Å²) in [6.45, 7) is 2.91. The molecule has 86 valence electrons. The average molecular weight is 217 g/mol. The molecule has 0 aromatic heterocycles. The third-order valence-corrected chi connectivity index (χ3v) is 2.09. The number of esters is 1. The Bertz CT molecular complexity index is 255. The Labute approximate surface area is 87.5 Å².